The van der Waals surface area contributed by atoms with Crippen LogP contribution in [0.15, 0.2) is 24.4 Å². The number of nitrogens with two attached hydrogens (primary N) is 1. The van der Waals surface area contributed by atoms with E-state index in [1.807, 2.05) is 0 Å². The Labute approximate surface area is 94.1 Å². The van der Waals surface area contributed by atoms with Gasteiger partial charge in [0.1, 0.15) is 5.82 Å². The number of anilines is 1. The van der Waals surface area contributed by atoms with Crippen LogP contribution in [-0.4, -0.2) is 16.8 Å². The fourth-order valence-electron chi connectivity index (χ4n) is 1.24. The monoisotopic (exact) mass is 220 g/mol. The summed E-state index contributed by atoms with van der Waals surface area (Å²) in [6.45, 7) is 1.75. The highest BCUT2D eigenvalue weighted by Crippen LogP contribution is 2.08. The van der Waals surface area contributed by atoms with Crippen molar-refractivity contribution in [2.24, 2.45) is 11.7 Å². The summed E-state index contributed by atoms with van der Waals surface area (Å²) in [6, 6.07) is 5.22. The number of nitrogens with one attached hydrogen (secondary N) is 1. The lowest BCUT2D eigenvalue weighted by Gasteiger charge is -2.08. The second-order valence-electron chi connectivity index (χ2n) is 3.52. The molecule has 1 aromatic heterocycles. The number of hydrogen-bond acceptors (Lipinski definition) is 3. The van der Waals surface area contributed by atoms with E-state index in [0.717, 1.165) is 0 Å². The van der Waals surface area contributed by atoms with Crippen molar-refractivity contribution in [3.8, 4) is 0 Å². The van der Waals surface area contributed by atoms with E-state index >= 15 is 0 Å². The highest BCUT2D eigenvalue weighted by molar-refractivity contribution is 5.96. The lowest BCUT2D eigenvalue weighted by molar-refractivity contribution is -0.118. The first kappa shape index (κ1) is 12.2. The van der Waals surface area contributed by atoms with E-state index in [-0.39, 0.29) is 18.2 Å². The number of pyridine rings is 1. The van der Waals surface area contributed by atoms with Crippen molar-refractivity contribution in [1.82, 2.24) is 4.98 Å². The van der Waals surface area contributed by atoms with E-state index < -0.39 is 5.91 Å². The minimum atomic E-state index is -0.422. The van der Waals surface area contributed by atoms with E-state index in [4.69, 9.17) is 5.73 Å². The zero-order valence-electron chi connectivity index (χ0n) is 9.01. The van der Waals surface area contributed by atoms with Crippen LogP contribution < -0.4 is 11.1 Å². The van der Waals surface area contributed by atoms with Crippen LogP contribution in [0.25, 0.3) is 0 Å². The van der Waals surface area contributed by atoms with Crippen LogP contribution in [0.4, 0.5) is 5.82 Å². The fraction of sp³-hybridized carbons (Fsp3) is 0.273. The SMILES string of the molecule is C[C@@H]([CH]C(=O)Nc1ccccn1)CC(N)=O. The molecule has 0 aliphatic carbocycles. The van der Waals surface area contributed by atoms with Crippen LogP contribution in [0.5, 0.6) is 0 Å². The Kier molecular flexibility index (Phi) is 4.44. The Hall–Kier alpha value is -1.91. The van der Waals surface area contributed by atoms with Gasteiger partial charge in [-0.3, -0.25) is 9.59 Å². The second-order valence-corrected chi connectivity index (χ2v) is 3.52. The molecule has 2 amide bonds. The van der Waals surface area contributed by atoms with Crippen molar-refractivity contribution >= 4 is 17.6 Å². The number of amides is 2. The molecule has 0 aromatic carbocycles. The third-order valence-electron chi connectivity index (χ3n) is 1.88. The lowest BCUT2D eigenvalue weighted by atomic mass is 10.0. The summed E-state index contributed by atoms with van der Waals surface area (Å²) < 4.78 is 0. The molecule has 1 heterocycles. The van der Waals surface area contributed by atoms with Gasteiger partial charge < -0.3 is 11.1 Å². The summed E-state index contributed by atoms with van der Waals surface area (Å²) in [5.41, 5.74) is 5.02. The van der Waals surface area contributed by atoms with Gasteiger partial charge in [0.25, 0.3) is 0 Å². The highest BCUT2D eigenvalue weighted by Gasteiger charge is 2.12. The molecular weight excluding hydrogens is 206 g/mol. The maximum absolute atomic E-state index is 11.4. The van der Waals surface area contributed by atoms with Gasteiger partial charge >= 0.3 is 0 Å². The van der Waals surface area contributed by atoms with Crippen LogP contribution in [-0.2, 0) is 9.59 Å². The second kappa shape index (κ2) is 5.85. The van der Waals surface area contributed by atoms with E-state index in [1.54, 1.807) is 31.3 Å². The molecule has 5 heteroatoms. The van der Waals surface area contributed by atoms with Gasteiger partial charge in [0.05, 0.1) is 6.42 Å². The summed E-state index contributed by atoms with van der Waals surface area (Å²) in [7, 11) is 0. The van der Waals surface area contributed by atoms with Crippen LogP contribution >= 0.6 is 0 Å². The number of rotatable bonds is 5. The number of primary amides is 1. The van der Waals surface area contributed by atoms with Gasteiger partial charge in [-0.2, -0.15) is 0 Å². The Balaban J connectivity index is 2.39. The molecule has 0 spiro atoms. The van der Waals surface area contributed by atoms with Gasteiger partial charge in [0.15, 0.2) is 0 Å². The summed E-state index contributed by atoms with van der Waals surface area (Å²) in [4.78, 5) is 26.0. The quantitative estimate of drug-likeness (QED) is 0.767. The van der Waals surface area contributed by atoms with Gasteiger partial charge in [-0.1, -0.05) is 13.0 Å². The predicted octanol–water partition coefficient (Wildman–Crippen LogP) is 0.736. The smallest absolute Gasteiger partial charge is 0.229 e. The van der Waals surface area contributed by atoms with E-state index in [9.17, 15) is 9.59 Å². The topological polar surface area (TPSA) is 85.1 Å². The molecule has 0 fully saturated rings. The highest BCUT2D eigenvalue weighted by atomic mass is 16.2. The molecule has 1 atom stereocenters. The molecule has 0 bridgehead atoms. The Morgan fingerprint density at radius 2 is 2.31 bits per heavy atom. The molecule has 3 N–H and O–H groups in total. The number of aromatic nitrogens is 1. The first-order valence-corrected chi connectivity index (χ1v) is 4.93. The van der Waals surface area contributed by atoms with Crippen molar-refractivity contribution in [2.75, 3.05) is 5.32 Å². The average Bonchev–Trinajstić information content (AvgIpc) is 2.17. The van der Waals surface area contributed by atoms with Crippen molar-refractivity contribution in [2.45, 2.75) is 13.3 Å². The van der Waals surface area contributed by atoms with Gasteiger partial charge in [0, 0.05) is 12.6 Å². The molecule has 0 saturated heterocycles. The Morgan fingerprint density at radius 1 is 1.56 bits per heavy atom. The maximum Gasteiger partial charge on any atom is 0.229 e. The maximum atomic E-state index is 11.4. The van der Waals surface area contributed by atoms with Crippen molar-refractivity contribution in [3.05, 3.63) is 30.8 Å². The molecule has 0 aliphatic heterocycles. The standard InChI is InChI=1S/C11H14N3O2/c1-8(6-9(12)15)7-11(16)14-10-4-2-3-5-13-10/h2-5,7-8H,6H2,1H3,(H2,12,15)(H,13,14,16)/t8-/m1/s1. The first-order chi connectivity index (χ1) is 7.58. The number of hydrogen-bond donors (Lipinski definition) is 2. The molecule has 0 aliphatic rings. The number of nitrogens with zero attached hydrogens (tertiary/aromatic N) is 1. The third-order valence-corrected chi connectivity index (χ3v) is 1.88. The van der Waals surface area contributed by atoms with Gasteiger partial charge in [-0.25, -0.2) is 4.98 Å². The van der Waals surface area contributed by atoms with Crippen molar-refractivity contribution < 1.29 is 9.59 Å². The summed E-state index contributed by atoms with van der Waals surface area (Å²) in [6.07, 6.45) is 3.16. The molecule has 85 valence electrons. The van der Waals surface area contributed by atoms with E-state index in [0.29, 0.717) is 5.82 Å². The summed E-state index contributed by atoms with van der Waals surface area (Å²) in [5.74, 6) is -0.405. The molecule has 1 rings (SSSR count). The van der Waals surface area contributed by atoms with Crippen LogP contribution in [0, 0.1) is 12.3 Å². The molecule has 0 unspecified atom stereocenters. The van der Waals surface area contributed by atoms with E-state index in [2.05, 4.69) is 10.3 Å². The van der Waals surface area contributed by atoms with Gasteiger partial charge in [-0.15, -0.1) is 0 Å². The Bertz CT molecular complexity index is 365. The van der Waals surface area contributed by atoms with Gasteiger partial charge in [0.2, 0.25) is 11.8 Å². The minimum absolute atomic E-state index is 0.162. The van der Waals surface area contributed by atoms with Crippen molar-refractivity contribution in [3.63, 3.8) is 0 Å². The molecule has 1 radical (unpaired) electrons. The third kappa shape index (κ3) is 4.54. The zero-order valence-corrected chi connectivity index (χ0v) is 9.01. The minimum Gasteiger partial charge on any atom is -0.370 e. The largest absolute Gasteiger partial charge is 0.370 e. The molecule has 16 heavy (non-hydrogen) atoms. The van der Waals surface area contributed by atoms with Crippen LogP contribution in [0.1, 0.15) is 13.3 Å². The normalized spacial score (nSPS) is 11.8. The summed E-state index contributed by atoms with van der Waals surface area (Å²) >= 11 is 0. The average molecular weight is 220 g/mol. The van der Waals surface area contributed by atoms with Gasteiger partial charge in [-0.05, 0) is 18.1 Å². The number of carbonyl (C=O) groups is 2. The zero-order chi connectivity index (χ0) is 12.0. The van der Waals surface area contributed by atoms with E-state index in [1.165, 1.54) is 6.42 Å². The van der Waals surface area contributed by atoms with Crippen molar-refractivity contribution in [1.29, 1.82) is 0 Å². The van der Waals surface area contributed by atoms with Crippen LogP contribution in [0.2, 0.25) is 0 Å². The first-order valence-electron chi connectivity index (χ1n) is 4.93. The predicted molar refractivity (Wildman–Crippen MR) is 60.1 cm³/mol. The lowest BCUT2D eigenvalue weighted by Crippen LogP contribution is -2.21. The van der Waals surface area contributed by atoms with Crippen LogP contribution in [0.3, 0.4) is 0 Å². The summed E-state index contributed by atoms with van der Waals surface area (Å²) in [5, 5.41) is 2.59. The number of carbonyl (C=O) groups excluding carboxylic acids is 2. The molecule has 5 nitrogen and oxygen atoms in total. The molecule has 1 aromatic rings. The molecular formula is C11H14N3O2. The fourth-order valence-corrected chi connectivity index (χ4v) is 1.24. The Morgan fingerprint density at radius 3 is 2.88 bits per heavy atom. The molecule has 0 saturated carbocycles.